The Labute approximate surface area is 137 Å². The molecule has 0 fully saturated rings. The van der Waals surface area contributed by atoms with Gasteiger partial charge < -0.3 is 5.32 Å². The van der Waals surface area contributed by atoms with Gasteiger partial charge in [-0.25, -0.2) is 9.98 Å². The van der Waals surface area contributed by atoms with Crippen LogP contribution in [-0.4, -0.2) is 22.5 Å². The predicted octanol–water partition coefficient (Wildman–Crippen LogP) is 2.71. The standard InChI is InChI=1S/C17H15N3O2S/c1-9-18-15(8-23-9)17(22)19-10-5-6-12-11-3-2-4-13(11)16(21)20-14(12)7-10/h5-8,12H,2-4H2,1H3,(H,20,21). The summed E-state index contributed by atoms with van der Waals surface area (Å²) in [6.45, 7) is 1.85. The van der Waals surface area contributed by atoms with Crippen LogP contribution in [0.4, 0.5) is 0 Å². The lowest BCUT2D eigenvalue weighted by molar-refractivity contribution is -0.117. The van der Waals surface area contributed by atoms with Crippen molar-refractivity contribution in [1.29, 1.82) is 0 Å². The van der Waals surface area contributed by atoms with Gasteiger partial charge in [-0.2, -0.15) is 0 Å². The number of aryl methyl sites for hydroxylation is 1. The van der Waals surface area contributed by atoms with Crippen molar-refractivity contribution in [2.75, 3.05) is 0 Å². The van der Waals surface area contributed by atoms with Gasteiger partial charge in [0.2, 0.25) is 0 Å². The summed E-state index contributed by atoms with van der Waals surface area (Å²) in [4.78, 5) is 32.5. The fourth-order valence-electron chi connectivity index (χ4n) is 3.30. The van der Waals surface area contributed by atoms with Crippen LogP contribution in [0.5, 0.6) is 0 Å². The molecule has 0 saturated carbocycles. The first kappa shape index (κ1) is 14.3. The molecule has 0 aromatic carbocycles. The molecule has 3 aliphatic rings. The molecule has 1 aromatic heterocycles. The molecule has 1 aromatic rings. The van der Waals surface area contributed by atoms with E-state index < -0.39 is 0 Å². The molecule has 0 bridgehead atoms. The molecule has 1 aliphatic heterocycles. The lowest BCUT2D eigenvalue weighted by atomic mass is 9.85. The Morgan fingerprint density at radius 2 is 2.30 bits per heavy atom. The van der Waals surface area contributed by atoms with E-state index in [0.29, 0.717) is 11.4 Å². The summed E-state index contributed by atoms with van der Waals surface area (Å²) in [6, 6.07) is 0. The van der Waals surface area contributed by atoms with Crippen LogP contribution in [0.2, 0.25) is 0 Å². The van der Waals surface area contributed by atoms with Gasteiger partial charge in [0.05, 0.1) is 10.7 Å². The molecule has 23 heavy (non-hydrogen) atoms. The van der Waals surface area contributed by atoms with Crippen LogP contribution in [0.15, 0.2) is 45.4 Å². The molecule has 4 rings (SSSR count). The van der Waals surface area contributed by atoms with Gasteiger partial charge in [-0.05, 0) is 43.9 Å². The Morgan fingerprint density at radius 1 is 1.43 bits per heavy atom. The third-order valence-electron chi connectivity index (χ3n) is 4.33. The van der Waals surface area contributed by atoms with Crippen molar-refractivity contribution in [1.82, 2.24) is 10.3 Å². The average Bonchev–Trinajstić information content (AvgIpc) is 3.16. The highest BCUT2D eigenvalue weighted by Gasteiger charge is 2.34. The third kappa shape index (κ3) is 2.49. The molecular weight excluding hydrogens is 310 g/mol. The van der Waals surface area contributed by atoms with E-state index in [9.17, 15) is 9.59 Å². The monoisotopic (exact) mass is 325 g/mol. The fraction of sp³-hybridized carbons (Fsp3) is 0.294. The van der Waals surface area contributed by atoms with Crippen molar-refractivity contribution >= 4 is 28.9 Å². The number of carbonyl (C=O) groups excluding carboxylic acids is 2. The molecule has 6 heteroatoms. The number of nitrogens with one attached hydrogen (secondary N) is 1. The molecule has 1 N–H and O–H groups in total. The molecule has 5 nitrogen and oxygen atoms in total. The second-order valence-corrected chi connectivity index (χ2v) is 6.90. The molecular formula is C17H15N3O2S. The van der Waals surface area contributed by atoms with Crippen molar-refractivity contribution < 1.29 is 9.59 Å². The van der Waals surface area contributed by atoms with Gasteiger partial charge in [-0.3, -0.25) is 9.59 Å². The van der Waals surface area contributed by atoms with Crippen molar-refractivity contribution in [2.24, 2.45) is 10.9 Å². The van der Waals surface area contributed by atoms with Crippen LogP contribution in [0.3, 0.4) is 0 Å². The van der Waals surface area contributed by atoms with Gasteiger partial charge in [0, 0.05) is 22.6 Å². The first-order valence-electron chi connectivity index (χ1n) is 7.60. The normalized spacial score (nSPS) is 24.4. The first-order chi connectivity index (χ1) is 11.1. The van der Waals surface area contributed by atoms with Crippen molar-refractivity contribution in [3.05, 3.63) is 51.2 Å². The number of thiazole rings is 1. The van der Waals surface area contributed by atoms with Crippen LogP contribution in [-0.2, 0) is 4.79 Å². The second kappa shape index (κ2) is 5.38. The highest BCUT2D eigenvalue weighted by atomic mass is 32.1. The number of fused-ring (bicyclic) bond motifs is 2. The highest BCUT2D eigenvalue weighted by Crippen LogP contribution is 2.39. The van der Waals surface area contributed by atoms with E-state index in [4.69, 9.17) is 0 Å². The Bertz CT molecular complexity index is 842. The van der Waals surface area contributed by atoms with Crippen LogP contribution >= 0.6 is 11.3 Å². The van der Waals surface area contributed by atoms with Crippen LogP contribution in [0.1, 0.15) is 34.8 Å². The van der Waals surface area contributed by atoms with Crippen molar-refractivity contribution in [2.45, 2.75) is 26.2 Å². The summed E-state index contributed by atoms with van der Waals surface area (Å²) in [5.41, 5.74) is 3.89. The van der Waals surface area contributed by atoms with Crippen molar-refractivity contribution in [3.8, 4) is 0 Å². The summed E-state index contributed by atoms with van der Waals surface area (Å²) in [5.74, 6) is -0.232. The number of allylic oxidation sites excluding steroid dienone is 3. The number of hydrogen-bond donors (Lipinski definition) is 1. The summed E-state index contributed by atoms with van der Waals surface area (Å²) < 4.78 is 0. The Kier molecular flexibility index (Phi) is 3.34. The summed E-state index contributed by atoms with van der Waals surface area (Å²) in [6.07, 6.45) is 8.54. The van der Waals surface area contributed by atoms with Crippen LogP contribution < -0.4 is 5.32 Å². The maximum atomic E-state index is 12.1. The zero-order chi connectivity index (χ0) is 16.0. The lowest BCUT2D eigenvalue weighted by Crippen LogP contribution is -2.35. The molecule has 2 aliphatic carbocycles. The van der Waals surface area contributed by atoms with Crippen LogP contribution in [0.25, 0.3) is 0 Å². The smallest absolute Gasteiger partial charge is 0.296 e. The molecule has 0 radical (unpaired) electrons. The predicted molar refractivity (Wildman–Crippen MR) is 88.3 cm³/mol. The van der Waals surface area contributed by atoms with Gasteiger partial charge in [-0.1, -0.05) is 6.08 Å². The average molecular weight is 325 g/mol. The molecule has 1 unspecified atom stereocenters. The van der Waals surface area contributed by atoms with E-state index in [0.717, 1.165) is 35.5 Å². The SMILES string of the molecule is Cc1nc(C(=O)N=C2C=CC3C(=C2)NC(=O)C2=C3CCC2)cs1. The number of amides is 2. The zero-order valence-corrected chi connectivity index (χ0v) is 13.4. The summed E-state index contributed by atoms with van der Waals surface area (Å²) in [5, 5.41) is 5.49. The van der Waals surface area contributed by atoms with Crippen LogP contribution in [0, 0.1) is 12.8 Å². The topological polar surface area (TPSA) is 71.4 Å². The minimum absolute atomic E-state index is 0.00361. The van der Waals surface area contributed by atoms with E-state index >= 15 is 0 Å². The fourth-order valence-corrected chi connectivity index (χ4v) is 3.88. The summed E-state index contributed by atoms with van der Waals surface area (Å²) >= 11 is 1.43. The molecule has 0 spiro atoms. The quantitative estimate of drug-likeness (QED) is 0.863. The van der Waals surface area contributed by atoms with Gasteiger partial charge >= 0.3 is 0 Å². The Morgan fingerprint density at radius 3 is 3.09 bits per heavy atom. The van der Waals surface area contributed by atoms with Gasteiger partial charge in [-0.15, -0.1) is 11.3 Å². The van der Waals surface area contributed by atoms with Gasteiger partial charge in [0.1, 0.15) is 5.69 Å². The number of hydrogen-bond acceptors (Lipinski definition) is 4. The summed E-state index contributed by atoms with van der Waals surface area (Å²) in [7, 11) is 0. The van der Waals surface area contributed by atoms with E-state index in [-0.39, 0.29) is 17.7 Å². The molecule has 2 amide bonds. The number of aromatic nitrogens is 1. The first-order valence-corrected chi connectivity index (χ1v) is 8.48. The number of carbonyl (C=O) groups is 2. The minimum Gasteiger partial charge on any atom is -0.325 e. The third-order valence-corrected chi connectivity index (χ3v) is 5.11. The molecule has 116 valence electrons. The highest BCUT2D eigenvalue weighted by molar-refractivity contribution is 7.09. The zero-order valence-electron chi connectivity index (χ0n) is 12.6. The minimum atomic E-state index is -0.354. The van der Waals surface area contributed by atoms with E-state index in [1.54, 1.807) is 11.5 Å². The second-order valence-electron chi connectivity index (χ2n) is 5.84. The van der Waals surface area contributed by atoms with Crippen molar-refractivity contribution in [3.63, 3.8) is 0 Å². The number of aliphatic imine (C=N–C) groups is 1. The lowest BCUT2D eigenvalue weighted by Gasteiger charge is -2.28. The maximum Gasteiger partial charge on any atom is 0.296 e. The Hall–Kier alpha value is -2.34. The van der Waals surface area contributed by atoms with Gasteiger partial charge in [0.15, 0.2) is 0 Å². The number of rotatable bonds is 1. The maximum absolute atomic E-state index is 12.1. The molecule has 1 atom stereocenters. The molecule has 2 heterocycles. The Balaban J connectivity index is 1.63. The largest absolute Gasteiger partial charge is 0.325 e. The van der Waals surface area contributed by atoms with Gasteiger partial charge in [0.25, 0.3) is 11.8 Å². The van der Waals surface area contributed by atoms with E-state index in [1.165, 1.54) is 16.9 Å². The molecule has 0 saturated heterocycles. The number of nitrogens with zero attached hydrogens (tertiary/aromatic N) is 2. The van der Waals surface area contributed by atoms with E-state index in [1.807, 2.05) is 19.1 Å². The van der Waals surface area contributed by atoms with E-state index in [2.05, 4.69) is 15.3 Å².